The highest BCUT2D eigenvalue weighted by atomic mass is 16.6. The van der Waals surface area contributed by atoms with E-state index >= 15 is 0 Å². The lowest BCUT2D eigenvalue weighted by Crippen LogP contribution is -2.44. The molecule has 0 N–H and O–H groups in total. The SMILES string of the molecule is C=C(C)C#Cc1cccc(-c2cn(C(=O)OC(C)(C)C)c3cnc(N(C(=O)OC(C)(C)C)C(=O)OC(C)(C)C)nc23)c1. The summed E-state index contributed by atoms with van der Waals surface area (Å²) in [5.74, 6) is 5.72. The Morgan fingerprint density at radius 1 is 0.905 bits per heavy atom. The van der Waals surface area contributed by atoms with Gasteiger partial charge < -0.3 is 14.2 Å². The summed E-state index contributed by atoms with van der Waals surface area (Å²) in [7, 11) is 0. The highest BCUT2D eigenvalue weighted by Gasteiger charge is 2.35. The number of carbonyl (C=O) groups is 3. The first-order valence-electron chi connectivity index (χ1n) is 13.4. The van der Waals surface area contributed by atoms with Gasteiger partial charge in [-0.2, -0.15) is 0 Å². The molecule has 0 aliphatic carbocycles. The summed E-state index contributed by atoms with van der Waals surface area (Å²) in [4.78, 5) is 49.2. The normalized spacial score (nSPS) is 11.8. The molecule has 0 atom stereocenters. The predicted octanol–water partition coefficient (Wildman–Crippen LogP) is 7.49. The van der Waals surface area contributed by atoms with E-state index < -0.39 is 35.1 Å². The van der Waals surface area contributed by atoms with Gasteiger partial charge in [-0.1, -0.05) is 30.6 Å². The van der Waals surface area contributed by atoms with Gasteiger partial charge in [0.15, 0.2) is 0 Å². The van der Waals surface area contributed by atoms with E-state index in [0.29, 0.717) is 32.7 Å². The Morgan fingerprint density at radius 3 is 2.00 bits per heavy atom. The van der Waals surface area contributed by atoms with Crippen molar-refractivity contribution in [2.24, 2.45) is 0 Å². The first-order valence-corrected chi connectivity index (χ1v) is 13.4. The van der Waals surface area contributed by atoms with Crippen LogP contribution in [0.15, 0.2) is 48.8 Å². The number of nitrogens with zero attached hydrogens (tertiary/aromatic N) is 4. The summed E-state index contributed by atoms with van der Waals surface area (Å²) in [6.07, 6.45) is 0.248. The van der Waals surface area contributed by atoms with Crippen molar-refractivity contribution >= 4 is 35.3 Å². The molecule has 10 heteroatoms. The lowest BCUT2D eigenvalue weighted by molar-refractivity contribution is 0.0425. The molecule has 0 aliphatic rings. The van der Waals surface area contributed by atoms with Gasteiger partial charge in [0, 0.05) is 17.3 Å². The number of benzene rings is 1. The third-order valence-corrected chi connectivity index (χ3v) is 5.07. The molecule has 0 radical (unpaired) electrons. The van der Waals surface area contributed by atoms with E-state index in [1.807, 2.05) is 31.2 Å². The van der Waals surface area contributed by atoms with Crippen molar-refractivity contribution in [1.29, 1.82) is 0 Å². The molecule has 3 aromatic rings. The van der Waals surface area contributed by atoms with E-state index in [-0.39, 0.29) is 11.5 Å². The maximum Gasteiger partial charge on any atom is 0.427 e. The number of anilines is 1. The Hall–Kier alpha value is -4.65. The average molecular weight is 575 g/mol. The largest absolute Gasteiger partial charge is 0.443 e. The van der Waals surface area contributed by atoms with Gasteiger partial charge in [0.2, 0.25) is 5.95 Å². The van der Waals surface area contributed by atoms with Crippen molar-refractivity contribution < 1.29 is 28.6 Å². The van der Waals surface area contributed by atoms with Gasteiger partial charge in [-0.3, -0.25) is 0 Å². The van der Waals surface area contributed by atoms with Crippen molar-refractivity contribution in [2.75, 3.05) is 4.90 Å². The van der Waals surface area contributed by atoms with Crippen LogP contribution >= 0.6 is 0 Å². The zero-order valence-electron chi connectivity index (χ0n) is 25.9. The van der Waals surface area contributed by atoms with E-state index in [0.717, 1.165) is 0 Å². The van der Waals surface area contributed by atoms with Crippen LogP contribution in [0.1, 0.15) is 74.8 Å². The Bertz CT molecular complexity index is 1580. The van der Waals surface area contributed by atoms with E-state index in [1.165, 1.54) is 10.8 Å². The van der Waals surface area contributed by atoms with Gasteiger partial charge in [0.1, 0.15) is 22.3 Å². The number of allylic oxidation sites excluding steroid dienone is 1. The van der Waals surface area contributed by atoms with E-state index in [4.69, 9.17) is 14.2 Å². The fourth-order valence-electron chi connectivity index (χ4n) is 3.58. The molecule has 0 saturated carbocycles. The smallest absolute Gasteiger partial charge is 0.427 e. The summed E-state index contributed by atoms with van der Waals surface area (Å²) >= 11 is 0. The second-order valence-corrected chi connectivity index (χ2v) is 12.7. The number of hydrogen-bond acceptors (Lipinski definition) is 8. The van der Waals surface area contributed by atoms with Crippen molar-refractivity contribution in [3.8, 4) is 23.0 Å². The number of rotatable bonds is 2. The topological polar surface area (TPSA) is 113 Å². The van der Waals surface area contributed by atoms with E-state index in [2.05, 4.69) is 28.4 Å². The van der Waals surface area contributed by atoms with Crippen LogP contribution in [0.25, 0.3) is 22.2 Å². The van der Waals surface area contributed by atoms with Crippen LogP contribution < -0.4 is 4.90 Å². The first kappa shape index (κ1) is 31.9. The molecule has 222 valence electrons. The number of carbonyl (C=O) groups excluding carboxylic acids is 3. The fraction of sp³-hybridized carbons (Fsp3) is 0.406. The van der Waals surface area contributed by atoms with Crippen LogP contribution in [0, 0.1) is 11.8 Å². The van der Waals surface area contributed by atoms with Crippen LogP contribution in [-0.4, -0.2) is 49.6 Å². The molecule has 0 spiro atoms. The van der Waals surface area contributed by atoms with Gasteiger partial charge in [-0.05, 0) is 92.5 Å². The monoisotopic (exact) mass is 574 g/mol. The standard InChI is InChI=1S/C32H38N4O6/c1-20(2)15-16-21-13-12-14-22(17-21)23-19-35(27(37)40-30(3,4)5)24-18-33-26(34-25(23)24)36(28(38)41-31(6,7)8)29(39)42-32(9,10)11/h12-14,17-19H,1H2,2-11H3. The Kier molecular flexibility index (Phi) is 8.87. The van der Waals surface area contributed by atoms with E-state index in [9.17, 15) is 14.4 Å². The molecule has 3 rings (SSSR count). The first-order chi connectivity index (χ1) is 19.2. The van der Waals surface area contributed by atoms with Crippen molar-refractivity contribution in [2.45, 2.75) is 86.0 Å². The second-order valence-electron chi connectivity index (χ2n) is 12.7. The van der Waals surface area contributed by atoms with Gasteiger partial charge in [-0.25, -0.2) is 28.9 Å². The molecule has 2 heterocycles. The summed E-state index contributed by atoms with van der Waals surface area (Å²) in [6.45, 7) is 20.9. The molecular formula is C32H38N4O6. The predicted molar refractivity (Wildman–Crippen MR) is 161 cm³/mol. The summed E-state index contributed by atoms with van der Waals surface area (Å²) < 4.78 is 17.9. The number of ether oxygens (including phenoxy) is 3. The lowest BCUT2D eigenvalue weighted by atomic mass is 10.0. The van der Waals surface area contributed by atoms with Crippen molar-refractivity contribution in [3.63, 3.8) is 0 Å². The molecule has 2 amide bonds. The number of aromatic nitrogens is 3. The minimum absolute atomic E-state index is 0.285. The highest BCUT2D eigenvalue weighted by molar-refractivity contribution is 6.09. The lowest BCUT2D eigenvalue weighted by Gasteiger charge is -2.27. The molecule has 1 aromatic carbocycles. The molecular weight excluding hydrogens is 536 g/mol. The summed E-state index contributed by atoms with van der Waals surface area (Å²) in [5.41, 5.74) is 0.610. The van der Waals surface area contributed by atoms with Gasteiger partial charge in [-0.15, -0.1) is 4.90 Å². The third kappa shape index (κ3) is 8.43. The molecule has 10 nitrogen and oxygen atoms in total. The van der Waals surface area contributed by atoms with Crippen LogP contribution in [0.5, 0.6) is 0 Å². The molecule has 42 heavy (non-hydrogen) atoms. The maximum absolute atomic E-state index is 13.2. The maximum atomic E-state index is 13.2. The van der Waals surface area contributed by atoms with Crippen LogP contribution in [0.3, 0.4) is 0 Å². The zero-order chi connectivity index (χ0) is 31.6. The second kappa shape index (κ2) is 11.7. The summed E-state index contributed by atoms with van der Waals surface area (Å²) in [6, 6.07) is 7.34. The number of amides is 2. The zero-order valence-corrected chi connectivity index (χ0v) is 25.9. The molecule has 0 unspecified atom stereocenters. The number of fused-ring (bicyclic) bond motifs is 1. The van der Waals surface area contributed by atoms with Crippen molar-refractivity contribution in [3.05, 3.63) is 54.4 Å². The Morgan fingerprint density at radius 2 is 1.48 bits per heavy atom. The van der Waals surface area contributed by atoms with E-state index in [1.54, 1.807) is 68.5 Å². The minimum Gasteiger partial charge on any atom is -0.443 e. The Labute approximate surface area is 246 Å². The molecule has 0 fully saturated rings. The minimum atomic E-state index is -1.01. The van der Waals surface area contributed by atoms with Gasteiger partial charge >= 0.3 is 18.3 Å². The highest BCUT2D eigenvalue weighted by Crippen LogP contribution is 2.32. The fourth-order valence-corrected chi connectivity index (χ4v) is 3.58. The Balaban J connectivity index is 2.28. The van der Waals surface area contributed by atoms with Gasteiger partial charge in [0.05, 0.1) is 11.7 Å². The molecule has 2 aromatic heterocycles. The molecule has 0 bridgehead atoms. The van der Waals surface area contributed by atoms with Gasteiger partial charge in [0.25, 0.3) is 0 Å². The molecule has 0 saturated heterocycles. The average Bonchev–Trinajstić information content (AvgIpc) is 3.19. The molecule has 0 aliphatic heterocycles. The van der Waals surface area contributed by atoms with Crippen LogP contribution in [0.4, 0.5) is 20.3 Å². The van der Waals surface area contributed by atoms with Crippen LogP contribution in [0.2, 0.25) is 0 Å². The number of imide groups is 1. The quantitative estimate of drug-likeness (QED) is 0.229. The van der Waals surface area contributed by atoms with Crippen molar-refractivity contribution in [1.82, 2.24) is 14.5 Å². The number of hydrogen-bond donors (Lipinski definition) is 0. The summed E-state index contributed by atoms with van der Waals surface area (Å²) in [5, 5.41) is 0. The third-order valence-electron chi connectivity index (χ3n) is 5.07. The van der Waals surface area contributed by atoms with Crippen LogP contribution in [-0.2, 0) is 14.2 Å².